The number of rotatable bonds is 3. The Morgan fingerprint density at radius 1 is 0.621 bits per heavy atom. The summed E-state index contributed by atoms with van der Waals surface area (Å²) in [6.07, 6.45) is 5.45. The van der Waals surface area contributed by atoms with Gasteiger partial charge in [-0.3, -0.25) is 4.90 Å². The van der Waals surface area contributed by atoms with Crippen molar-refractivity contribution >= 4 is 0 Å². The van der Waals surface area contributed by atoms with Crippen molar-refractivity contribution in [2.45, 2.75) is 117 Å². The molecule has 4 aliphatic rings. The van der Waals surface area contributed by atoms with E-state index in [9.17, 15) is 0 Å². The van der Waals surface area contributed by atoms with Crippen LogP contribution < -0.4 is 11.1 Å². The Kier molecular flexibility index (Phi) is 6.17. The molecule has 29 heavy (non-hydrogen) atoms. The molecule has 0 aromatic rings. The Morgan fingerprint density at radius 2 is 1.14 bits per heavy atom. The van der Waals surface area contributed by atoms with Gasteiger partial charge in [0.1, 0.15) is 0 Å². The van der Waals surface area contributed by atoms with Gasteiger partial charge in [-0.05, 0) is 73.0 Å². The van der Waals surface area contributed by atoms with Crippen molar-refractivity contribution < 1.29 is 0 Å². The summed E-state index contributed by atoms with van der Waals surface area (Å²) in [6.45, 7) is 19.8. The second kappa shape index (κ2) is 8.10. The van der Waals surface area contributed by atoms with Crippen LogP contribution in [0.5, 0.6) is 0 Å². The van der Waals surface area contributed by atoms with Gasteiger partial charge in [-0.2, -0.15) is 0 Å². The molecular formula is C26H49N3. The molecule has 3 heteroatoms. The highest BCUT2D eigenvalue weighted by Gasteiger charge is 2.55. The van der Waals surface area contributed by atoms with Crippen LogP contribution in [-0.4, -0.2) is 41.2 Å². The Labute approximate surface area is 180 Å². The Bertz CT molecular complexity index is 562. The van der Waals surface area contributed by atoms with Crippen LogP contribution in [0.15, 0.2) is 0 Å². The van der Waals surface area contributed by atoms with Gasteiger partial charge >= 0.3 is 0 Å². The molecule has 2 saturated carbocycles. The van der Waals surface area contributed by atoms with Gasteiger partial charge in [-0.1, -0.05) is 55.4 Å². The van der Waals surface area contributed by atoms with Crippen LogP contribution in [0.2, 0.25) is 0 Å². The van der Waals surface area contributed by atoms with Gasteiger partial charge in [0.05, 0.1) is 0 Å². The van der Waals surface area contributed by atoms with E-state index in [0.717, 1.165) is 47.6 Å². The Balaban J connectivity index is 1.59. The second-order valence-corrected chi connectivity index (χ2v) is 12.2. The van der Waals surface area contributed by atoms with Crippen LogP contribution in [0.1, 0.15) is 81.1 Å². The zero-order chi connectivity index (χ0) is 21.2. The van der Waals surface area contributed by atoms with Gasteiger partial charge in [0.2, 0.25) is 0 Å². The lowest BCUT2D eigenvalue weighted by Crippen LogP contribution is -2.65. The SMILES string of the molecule is C[C@@H]1[C@H](C)[C@@H](NC2C[C@H](C)[C@@H](C)[C@H](C)[C@H]2N)C(N2[C@H]3CC[C@H]2[C@@H](C)[C@H]3C)C[C@@H]1C. The second-order valence-electron chi connectivity index (χ2n) is 12.2. The maximum absolute atomic E-state index is 6.83. The third-order valence-electron chi connectivity index (χ3n) is 11.1. The predicted molar refractivity (Wildman–Crippen MR) is 124 cm³/mol. The lowest BCUT2D eigenvalue weighted by atomic mass is 9.66. The van der Waals surface area contributed by atoms with Crippen LogP contribution >= 0.6 is 0 Å². The summed E-state index contributed by atoms with van der Waals surface area (Å²) in [7, 11) is 0. The number of fused-ring (bicyclic) bond motifs is 2. The van der Waals surface area contributed by atoms with E-state index in [1.807, 2.05) is 0 Å². The predicted octanol–water partition coefficient (Wildman–Crippen LogP) is 4.75. The third kappa shape index (κ3) is 3.52. The summed E-state index contributed by atoms with van der Waals surface area (Å²) < 4.78 is 0. The van der Waals surface area contributed by atoms with Crippen molar-refractivity contribution in [3.8, 4) is 0 Å². The van der Waals surface area contributed by atoms with E-state index in [0.29, 0.717) is 30.0 Å². The molecule has 2 saturated heterocycles. The molecule has 4 rings (SSSR count). The first kappa shape index (κ1) is 22.1. The average molecular weight is 404 g/mol. The number of nitrogens with zero attached hydrogens (tertiary/aromatic N) is 1. The van der Waals surface area contributed by atoms with Gasteiger partial charge in [0, 0.05) is 36.3 Å². The van der Waals surface area contributed by atoms with Gasteiger partial charge in [-0.15, -0.1) is 0 Å². The van der Waals surface area contributed by atoms with Gasteiger partial charge in [0.25, 0.3) is 0 Å². The van der Waals surface area contributed by atoms with Crippen LogP contribution in [0, 0.1) is 47.3 Å². The molecule has 2 heterocycles. The maximum atomic E-state index is 6.83. The smallest absolute Gasteiger partial charge is 0.0260 e. The van der Waals surface area contributed by atoms with E-state index in [-0.39, 0.29) is 6.04 Å². The monoisotopic (exact) mass is 403 g/mol. The lowest BCUT2D eigenvalue weighted by Gasteiger charge is -2.52. The van der Waals surface area contributed by atoms with Crippen molar-refractivity contribution in [1.29, 1.82) is 0 Å². The van der Waals surface area contributed by atoms with E-state index < -0.39 is 0 Å². The highest BCUT2D eigenvalue weighted by molar-refractivity contribution is 5.10. The van der Waals surface area contributed by atoms with E-state index in [4.69, 9.17) is 5.73 Å². The Morgan fingerprint density at radius 3 is 1.72 bits per heavy atom. The van der Waals surface area contributed by atoms with Crippen LogP contribution in [-0.2, 0) is 0 Å². The minimum absolute atomic E-state index is 0.289. The van der Waals surface area contributed by atoms with E-state index in [1.165, 1.54) is 25.7 Å². The molecule has 0 radical (unpaired) electrons. The number of nitrogens with one attached hydrogen (secondary N) is 1. The molecule has 2 aliphatic heterocycles. The van der Waals surface area contributed by atoms with Gasteiger partial charge in [-0.25, -0.2) is 0 Å². The molecule has 3 nitrogen and oxygen atoms in total. The first-order valence-electron chi connectivity index (χ1n) is 12.9. The highest BCUT2D eigenvalue weighted by atomic mass is 15.3. The van der Waals surface area contributed by atoms with Crippen molar-refractivity contribution in [2.75, 3.05) is 0 Å². The normalized spacial score (nSPS) is 58.7. The number of nitrogens with two attached hydrogens (primary N) is 1. The standard InChI is InChI=1S/C26H49N3/c1-13-11-21(25(27)19(7)15(13)3)28-26-20(8)16(4)14(2)12-24(26)29-22-9-10-23(29)18(6)17(22)5/h13-26,28H,9-12,27H2,1-8H3/t13-,14-,15+,16-,17-,18+,19-,20-,21?,22-,23-,24?,25+,26+/m0/s1. The number of hydrogen-bond acceptors (Lipinski definition) is 3. The van der Waals surface area contributed by atoms with E-state index in [2.05, 4.69) is 65.6 Å². The topological polar surface area (TPSA) is 41.3 Å². The Hall–Kier alpha value is -0.120. The van der Waals surface area contributed by atoms with Crippen molar-refractivity contribution in [1.82, 2.24) is 10.2 Å². The van der Waals surface area contributed by atoms with Crippen LogP contribution in [0.3, 0.4) is 0 Å². The molecule has 0 aromatic heterocycles. The first-order valence-corrected chi connectivity index (χ1v) is 12.9. The number of hydrogen-bond donors (Lipinski definition) is 2. The quantitative estimate of drug-likeness (QED) is 0.714. The summed E-state index contributed by atoms with van der Waals surface area (Å²) in [5.74, 6) is 6.13. The zero-order valence-corrected chi connectivity index (χ0v) is 20.4. The molecular weight excluding hydrogens is 354 g/mol. The van der Waals surface area contributed by atoms with E-state index in [1.54, 1.807) is 0 Å². The molecule has 168 valence electrons. The fourth-order valence-corrected chi connectivity index (χ4v) is 8.09. The van der Waals surface area contributed by atoms with Gasteiger partial charge in [0.15, 0.2) is 0 Å². The molecule has 3 N–H and O–H groups in total. The summed E-state index contributed by atoms with van der Waals surface area (Å²) in [5, 5.41) is 4.25. The zero-order valence-electron chi connectivity index (χ0n) is 20.4. The molecule has 4 fully saturated rings. The molecule has 2 aliphatic carbocycles. The summed E-state index contributed by atoms with van der Waals surface area (Å²) in [4.78, 5) is 3.02. The molecule has 0 amide bonds. The molecule has 0 spiro atoms. The van der Waals surface area contributed by atoms with Crippen molar-refractivity contribution in [2.24, 2.45) is 53.1 Å². The molecule has 14 atom stereocenters. The van der Waals surface area contributed by atoms with Crippen molar-refractivity contribution in [3.63, 3.8) is 0 Å². The fraction of sp³-hybridized carbons (Fsp3) is 1.00. The average Bonchev–Trinajstić information content (AvgIpc) is 3.22. The first-order chi connectivity index (χ1) is 13.6. The molecule has 0 aromatic carbocycles. The highest BCUT2D eigenvalue weighted by Crippen LogP contribution is 2.50. The summed E-state index contributed by atoms with van der Waals surface area (Å²) >= 11 is 0. The summed E-state index contributed by atoms with van der Waals surface area (Å²) in [5.41, 5.74) is 6.83. The largest absolute Gasteiger partial charge is 0.326 e. The fourth-order valence-electron chi connectivity index (χ4n) is 8.09. The molecule has 2 unspecified atom stereocenters. The van der Waals surface area contributed by atoms with E-state index >= 15 is 0 Å². The van der Waals surface area contributed by atoms with Crippen molar-refractivity contribution in [3.05, 3.63) is 0 Å². The minimum atomic E-state index is 0.289. The van der Waals surface area contributed by atoms with Crippen LogP contribution in [0.4, 0.5) is 0 Å². The lowest BCUT2D eigenvalue weighted by molar-refractivity contribution is 0.00855. The molecule has 2 bridgehead atoms. The summed E-state index contributed by atoms with van der Waals surface area (Å²) in [6, 6.07) is 3.67. The van der Waals surface area contributed by atoms with Gasteiger partial charge < -0.3 is 11.1 Å². The van der Waals surface area contributed by atoms with Crippen LogP contribution in [0.25, 0.3) is 0 Å². The third-order valence-corrected chi connectivity index (χ3v) is 11.1. The minimum Gasteiger partial charge on any atom is -0.326 e. The maximum Gasteiger partial charge on any atom is 0.0260 e.